The fourth-order valence-electron chi connectivity index (χ4n) is 5.93. The zero-order valence-corrected chi connectivity index (χ0v) is 29.0. The first-order valence-corrected chi connectivity index (χ1v) is 17.2. The smallest absolute Gasteiger partial charge is 0.243 e. The van der Waals surface area contributed by atoms with E-state index in [0.29, 0.717) is 25.7 Å². The molecule has 3 aromatic rings. The second kappa shape index (κ2) is 19.3. The lowest BCUT2D eigenvalue weighted by molar-refractivity contribution is -0.133. The molecule has 15 nitrogen and oxygen atoms in total. The Morgan fingerprint density at radius 2 is 1.35 bits per heavy atom. The molecule has 4 atom stereocenters. The largest absolute Gasteiger partial charge is 0.508 e. The molecular formula is C37H48N10O5. The highest BCUT2D eigenvalue weighted by Crippen LogP contribution is 2.21. The number of guanidine groups is 2. The summed E-state index contributed by atoms with van der Waals surface area (Å²) in [5.41, 5.74) is 23.6. The van der Waals surface area contributed by atoms with Crippen molar-refractivity contribution in [3.63, 3.8) is 0 Å². The number of rotatable bonds is 12. The van der Waals surface area contributed by atoms with Gasteiger partial charge in [0.15, 0.2) is 11.9 Å². The normalized spacial score (nSPS) is 20.6. The zero-order valence-electron chi connectivity index (χ0n) is 29.0. The van der Waals surface area contributed by atoms with Crippen LogP contribution in [-0.4, -0.2) is 78.4 Å². The van der Waals surface area contributed by atoms with Gasteiger partial charge in [-0.2, -0.15) is 0 Å². The molecule has 0 aromatic heterocycles. The van der Waals surface area contributed by atoms with Crippen molar-refractivity contribution in [1.29, 1.82) is 0 Å². The van der Waals surface area contributed by atoms with E-state index in [9.17, 15) is 24.3 Å². The van der Waals surface area contributed by atoms with E-state index in [-0.39, 0.29) is 50.1 Å². The highest BCUT2D eigenvalue weighted by molar-refractivity contribution is 5.95. The Morgan fingerprint density at radius 1 is 0.692 bits per heavy atom. The number of hydrogen-bond donors (Lipinski definition) is 9. The molecule has 0 unspecified atom stereocenters. The molecule has 276 valence electrons. The molecule has 0 bridgehead atoms. The molecule has 0 saturated carbocycles. The molecule has 0 aliphatic carbocycles. The quantitative estimate of drug-likeness (QED) is 0.0536. The molecule has 4 rings (SSSR count). The van der Waals surface area contributed by atoms with Crippen LogP contribution >= 0.6 is 0 Å². The second-order valence-electron chi connectivity index (χ2n) is 12.6. The van der Waals surface area contributed by atoms with Gasteiger partial charge in [0.25, 0.3) is 0 Å². The maximum atomic E-state index is 14.0. The van der Waals surface area contributed by atoms with Crippen molar-refractivity contribution >= 4 is 46.3 Å². The zero-order chi connectivity index (χ0) is 37.5. The van der Waals surface area contributed by atoms with Gasteiger partial charge in [0, 0.05) is 19.5 Å². The summed E-state index contributed by atoms with van der Waals surface area (Å²) in [5, 5.41) is 23.0. The molecule has 0 spiro atoms. The Bertz CT molecular complexity index is 1780. The summed E-state index contributed by atoms with van der Waals surface area (Å²) in [6.07, 6.45) is 5.15. The van der Waals surface area contributed by atoms with E-state index in [2.05, 4.69) is 31.3 Å². The van der Waals surface area contributed by atoms with Gasteiger partial charge in [-0.1, -0.05) is 66.7 Å². The monoisotopic (exact) mass is 712 g/mol. The van der Waals surface area contributed by atoms with E-state index >= 15 is 0 Å². The number of amides is 4. The number of aromatic hydroxyl groups is 1. The van der Waals surface area contributed by atoms with Gasteiger partial charge in [-0.15, -0.1) is 0 Å². The highest BCUT2D eigenvalue weighted by Gasteiger charge is 2.29. The first-order chi connectivity index (χ1) is 25.0. The van der Waals surface area contributed by atoms with Crippen LogP contribution in [0.5, 0.6) is 5.75 Å². The van der Waals surface area contributed by atoms with Crippen LogP contribution in [0.25, 0.3) is 10.8 Å². The molecule has 0 saturated heterocycles. The van der Waals surface area contributed by atoms with Crippen molar-refractivity contribution in [3.05, 3.63) is 90.0 Å². The molecule has 4 amide bonds. The van der Waals surface area contributed by atoms with Gasteiger partial charge in [-0.3, -0.25) is 29.2 Å². The van der Waals surface area contributed by atoms with Gasteiger partial charge >= 0.3 is 0 Å². The summed E-state index contributed by atoms with van der Waals surface area (Å²) in [6, 6.07) is 17.2. The third-order valence-electron chi connectivity index (χ3n) is 8.56. The van der Waals surface area contributed by atoms with Gasteiger partial charge in [-0.05, 0) is 66.1 Å². The van der Waals surface area contributed by atoms with Crippen LogP contribution < -0.4 is 44.2 Å². The van der Waals surface area contributed by atoms with Gasteiger partial charge in [0.05, 0.1) is 18.5 Å². The first kappa shape index (κ1) is 38.7. The first-order valence-electron chi connectivity index (χ1n) is 17.2. The molecule has 13 N–H and O–H groups in total. The Hall–Kier alpha value is -6.12. The third-order valence-corrected chi connectivity index (χ3v) is 8.56. The van der Waals surface area contributed by atoms with Crippen LogP contribution in [-0.2, 0) is 32.0 Å². The predicted molar refractivity (Wildman–Crippen MR) is 201 cm³/mol. The fraction of sp³-hybridized carbons (Fsp3) is 0.351. The van der Waals surface area contributed by atoms with Gasteiger partial charge < -0.3 is 49.3 Å². The predicted octanol–water partition coefficient (Wildman–Crippen LogP) is 0.194. The molecule has 52 heavy (non-hydrogen) atoms. The molecule has 0 fully saturated rings. The second-order valence-corrected chi connectivity index (χ2v) is 12.6. The lowest BCUT2D eigenvalue weighted by Gasteiger charge is -2.24. The molecular weight excluding hydrogens is 664 g/mol. The number of nitrogens with two attached hydrogens (primary N) is 4. The summed E-state index contributed by atoms with van der Waals surface area (Å²) in [5.74, 6) is -2.87. The summed E-state index contributed by atoms with van der Waals surface area (Å²) in [4.78, 5) is 62.9. The van der Waals surface area contributed by atoms with Crippen LogP contribution in [0.2, 0.25) is 0 Å². The topological polar surface area (TPSA) is 265 Å². The third kappa shape index (κ3) is 12.3. The maximum absolute atomic E-state index is 14.0. The number of phenolic OH excluding ortho intramolecular Hbond substituents is 1. The molecule has 0 radical (unpaired) electrons. The van der Waals surface area contributed by atoms with E-state index in [1.54, 1.807) is 36.4 Å². The average Bonchev–Trinajstić information content (AvgIpc) is 3.11. The minimum Gasteiger partial charge on any atom is -0.508 e. The van der Waals surface area contributed by atoms with E-state index in [4.69, 9.17) is 22.9 Å². The van der Waals surface area contributed by atoms with E-state index in [0.717, 1.165) is 21.9 Å². The lowest BCUT2D eigenvalue weighted by atomic mass is 9.97. The summed E-state index contributed by atoms with van der Waals surface area (Å²) >= 11 is 0. The van der Waals surface area contributed by atoms with Crippen molar-refractivity contribution in [2.45, 2.75) is 56.7 Å². The number of phenols is 1. The minimum atomic E-state index is -1.09. The number of benzene rings is 3. The van der Waals surface area contributed by atoms with Crippen molar-refractivity contribution < 1.29 is 24.3 Å². The van der Waals surface area contributed by atoms with Gasteiger partial charge in [0.1, 0.15) is 17.8 Å². The number of nitrogens with zero attached hydrogens (tertiary/aromatic N) is 2. The Morgan fingerprint density at radius 3 is 2.06 bits per heavy atom. The highest BCUT2D eigenvalue weighted by atomic mass is 16.3. The van der Waals surface area contributed by atoms with Crippen LogP contribution in [0.3, 0.4) is 0 Å². The standard InChI is InChI=1S/C37H48N10O5/c38-36(39)42-18-4-9-25-14-15-27(20-23-12-16-28(48)17-13-23)45-32(49)22-44-34(51)31(21-26-8-3-7-24-6-1-2-10-29(24)26)47-35(52)30(46-33(25)50)11-5-19-43-37(40)41/h1-3,6-8,10,12-17,25,27,30-31,48H,4-5,9,11,18-22H2,(H,44,51)(H,45,49)(H,46,50)(H,47,52)(H4,38,39,42)(H4,40,41,43)/b15-14+/t25-,27-,30-,31-/m0/s1. The number of nitrogens with one attached hydrogen (secondary N) is 4. The van der Waals surface area contributed by atoms with Crippen molar-refractivity contribution in [2.24, 2.45) is 38.8 Å². The summed E-state index contributed by atoms with van der Waals surface area (Å²) in [7, 11) is 0. The average molecular weight is 713 g/mol. The van der Waals surface area contributed by atoms with Crippen LogP contribution in [0, 0.1) is 5.92 Å². The van der Waals surface area contributed by atoms with E-state index in [1.165, 1.54) is 0 Å². The van der Waals surface area contributed by atoms with Crippen LogP contribution in [0.1, 0.15) is 36.8 Å². The SMILES string of the molecule is NC(N)=NCCC[C@H]1/C=C/[C@@H](Cc2ccc(O)cc2)NC(=O)CNC(=O)[C@H](Cc2cccc3ccccc23)NC(=O)[C@H](CCCN=C(N)N)NC1=O. The summed E-state index contributed by atoms with van der Waals surface area (Å²) < 4.78 is 0. The van der Waals surface area contributed by atoms with Crippen molar-refractivity contribution in [2.75, 3.05) is 19.6 Å². The van der Waals surface area contributed by atoms with Crippen molar-refractivity contribution in [3.8, 4) is 5.75 Å². The number of aliphatic imine (C=N–C) groups is 2. The molecule has 1 aliphatic heterocycles. The van der Waals surface area contributed by atoms with E-state index < -0.39 is 47.7 Å². The van der Waals surface area contributed by atoms with Crippen LogP contribution in [0.15, 0.2) is 88.9 Å². The number of fused-ring (bicyclic) bond motifs is 1. The lowest BCUT2D eigenvalue weighted by Crippen LogP contribution is -2.55. The molecule has 3 aromatic carbocycles. The Labute approximate surface area is 302 Å². The molecule has 1 heterocycles. The van der Waals surface area contributed by atoms with E-state index in [1.807, 2.05) is 42.5 Å². The minimum absolute atomic E-state index is 0.0718. The van der Waals surface area contributed by atoms with Gasteiger partial charge in [0.2, 0.25) is 23.6 Å². The Kier molecular flexibility index (Phi) is 14.4. The number of carbonyl (C=O) groups excluding carboxylic acids is 4. The Balaban J connectivity index is 1.69. The summed E-state index contributed by atoms with van der Waals surface area (Å²) in [6.45, 7) is 0.137. The van der Waals surface area contributed by atoms with Gasteiger partial charge in [-0.25, -0.2) is 0 Å². The molecule has 15 heteroatoms. The molecule has 1 aliphatic rings. The van der Waals surface area contributed by atoms with Crippen molar-refractivity contribution in [1.82, 2.24) is 21.3 Å². The number of hydrogen-bond acceptors (Lipinski definition) is 7. The maximum Gasteiger partial charge on any atom is 0.243 e. The fourth-order valence-corrected chi connectivity index (χ4v) is 5.93. The number of carbonyl (C=O) groups is 4. The van der Waals surface area contributed by atoms with Crippen LogP contribution in [0.4, 0.5) is 0 Å².